The largest absolute Gasteiger partial charge is 0.497 e. The van der Waals surface area contributed by atoms with Crippen LogP contribution in [0.25, 0.3) is 0 Å². The number of rotatable bonds is 9. The summed E-state index contributed by atoms with van der Waals surface area (Å²) in [7, 11) is 1.57. The Balaban J connectivity index is 2.00. The molecule has 2 amide bonds. The van der Waals surface area contributed by atoms with Crippen molar-refractivity contribution in [1.82, 2.24) is 5.43 Å². The van der Waals surface area contributed by atoms with Gasteiger partial charge in [0, 0.05) is 5.69 Å². The number of carbonyl (C=O) groups is 2. The summed E-state index contributed by atoms with van der Waals surface area (Å²) in [6.07, 6.45) is 1.51. The molecule has 1 unspecified atom stereocenters. The van der Waals surface area contributed by atoms with E-state index in [4.69, 9.17) is 9.47 Å². The second-order valence-electron chi connectivity index (χ2n) is 6.68. The van der Waals surface area contributed by atoms with Gasteiger partial charge in [-0.25, -0.2) is 5.43 Å². The highest BCUT2D eigenvalue weighted by Crippen LogP contribution is 2.18. The first-order valence-corrected chi connectivity index (χ1v) is 9.45. The van der Waals surface area contributed by atoms with Crippen molar-refractivity contribution in [2.24, 2.45) is 16.9 Å². The van der Waals surface area contributed by atoms with Crippen molar-refractivity contribution in [2.75, 3.05) is 19.0 Å². The Labute approximate surface area is 171 Å². The summed E-state index contributed by atoms with van der Waals surface area (Å²) in [5, 5.41) is 6.74. The van der Waals surface area contributed by atoms with Crippen LogP contribution in [0.2, 0.25) is 0 Å². The van der Waals surface area contributed by atoms with Crippen LogP contribution in [0.5, 0.6) is 11.5 Å². The quantitative estimate of drug-likeness (QED) is 0.385. The van der Waals surface area contributed by atoms with Gasteiger partial charge in [0.25, 0.3) is 5.91 Å². The highest BCUT2D eigenvalue weighted by molar-refractivity contribution is 6.06. The standard InChI is InChI=1S/C22H27N3O4/c1-5-29-19-8-6-7-16(13-19)14-23-25-22(27)20(15(2)3)21(26)24-17-9-11-18(28-4)12-10-17/h6-15,20H,5H2,1-4H3,(H,24,26)(H,25,27). The SMILES string of the molecule is CCOc1cccc(C=NNC(=O)C(C(=O)Nc2ccc(OC)cc2)C(C)C)c1. The zero-order valence-electron chi connectivity index (χ0n) is 17.1. The van der Waals surface area contributed by atoms with Crippen LogP contribution in [0.1, 0.15) is 26.3 Å². The fourth-order valence-electron chi connectivity index (χ4n) is 2.71. The minimum Gasteiger partial charge on any atom is -0.497 e. The highest BCUT2D eigenvalue weighted by Gasteiger charge is 2.29. The Morgan fingerprint density at radius 3 is 2.41 bits per heavy atom. The Morgan fingerprint density at radius 2 is 1.79 bits per heavy atom. The van der Waals surface area contributed by atoms with Crippen LogP contribution in [0, 0.1) is 11.8 Å². The second kappa shape index (κ2) is 10.8. The van der Waals surface area contributed by atoms with E-state index >= 15 is 0 Å². The molecule has 0 aliphatic rings. The smallest absolute Gasteiger partial charge is 0.252 e. The summed E-state index contributed by atoms with van der Waals surface area (Å²) in [4.78, 5) is 25.2. The van der Waals surface area contributed by atoms with Gasteiger partial charge in [0.1, 0.15) is 17.4 Å². The number of anilines is 1. The van der Waals surface area contributed by atoms with Gasteiger partial charge in [-0.2, -0.15) is 5.10 Å². The third-order valence-corrected chi connectivity index (χ3v) is 4.15. The third kappa shape index (κ3) is 6.64. The van der Waals surface area contributed by atoms with E-state index < -0.39 is 17.7 Å². The molecule has 0 aliphatic heterocycles. The average molecular weight is 397 g/mol. The van der Waals surface area contributed by atoms with Gasteiger partial charge < -0.3 is 14.8 Å². The van der Waals surface area contributed by atoms with Crippen LogP contribution in [-0.4, -0.2) is 31.7 Å². The van der Waals surface area contributed by atoms with E-state index in [9.17, 15) is 9.59 Å². The number of methoxy groups -OCH3 is 1. The van der Waals surface area contributed by atoms with Crippen LogP contribution in [0.3, 0.4) is 0 Å². The lowest BCUT2D eigenvalue weighted by atomic mass is 9.94. The van der Waals surface area contributed by atoms with Crippen molar-refractivity contribution < 1.29 is 19.1 Å². The van der Waals surface area contributed by atoms with Gasteiger partial charge in [-0.15, -0.1) is 0 Å². The number of nitrogens with zero attached hydrogens (tertiary/aromatic N) is 1. The second-order valence-corrected chi connectivity index (χ2v) is 6.68. The average Bonchev–Trinajstić information content (AvgIpc) is 2.69. The molecule has 7 nitrogen and oxygen atoms in total. The van der Waals surface area contributed by atoms with Crippen molar-refractivity contribution in [3.63, 3.8) is 0 Å². The molecule has 2 rings (SSSR count). The van der Waals surface area contributed by atoms with Gasteiger partial charge in [0.15, 0.2) is 0 Å². The Morgan fingerprint density at radius 1 is 1.07 bits per heavy atom. The first kappa shape index (κ1) is 21.9. The predicted octanol–water partition coefficient (Wildman–Crippen LogP) is 3.45. The summed E-state index contributed by atoms with van der Waals surface area (Å²) in [6.45, 7) is 6.10. The Bertz CT molecular complexity index is 847. The normalized spacial score (nSPS) is 11.9. The first-order valence-electron chi connectivity index (χ1n) is 9.45. The number of carbonyl (C=O) groups excluding carboxylic acids is 2. The van der Waals surface area contributed by atoms with Crippen LogP contribution >= 0.6 is 0 Å². The van der Waals surface area contributed by atoms with Crippen molar-refractivity contribution in [1.29, 1.82) is 0 Å². The maximum Gasteiger partial charge on any atom is 0.252 e. The molecule has 1 atom stereocenters. The van der Waals surface area contributed by atoms with Crippen LogP contribution in [0.15, 0.2) is 53.6 Å². The molecular formula is C22H27N3O4. The third-order valence-electron chi connectivity index (χ3n) is 4.15. The Kier molecular flexibility index (Phi) is 8.21. The number of hydrogen-bond donors (Lipinski definition) is 2. The van der Waals surface area contributed by atoms with Gasteiger partial charge in [-0.05, 0) is 54.8 Å². The van der Waals surface area contributed by atoms with Crippen molar-refractivity contribution in [3.8, 4) is 11.5 Å². The van der Waals surface area contributed by atoms with Crippen molar-refractivity contribution in [2.45, 2.75) is 20.8 Å². The van der Waals surface area contributed by atoms with Gasteiger partial charge in [-0.1, -0.05) is 26.0 Å². The molecule has 154 valence electrons. The lowest BCUT2D eigenvalue weighted by Gasteiger charge is -2.18. The molecule has 2 N–H and O–H groups in total. The monoisotopic (exact) mass is 397 g/mol. The van der Waals surface area contributed by atoms with E-state index in [2.05, 4.69) is 15.8 Å². The van der Waals surface area contributed by atoms with E-state index in [0.29, 0.717) is 18.0 Å². The predicted molar refractivity (Wildman–Crippen MR) is 113 cm³/mol. The molecule has 0 bridgehead atoms. The maximum absolute atomic E-state index is 12.6. The molecule has 0 spiro atoms. The fraction of sp³-hybridized carbons (Fsp3) is 0.318. The summed E-state index contributed by atoms with van der Waals surface area (Å²) in [5.41, 5.74) is 3.82. The molecule has 2 aromatic carbocycles. The van der Waals surface area contributed by atoms with E-state index in [1.54, 1.807) is 31.4 Å². The first-order chi connectivity index (χ1) is 13.9. The number of benzene rings is 2. The number of hydrazone groups is 1. The number of amides is 2. The molecule has 2 aromatic rings. The van der Waals surface area contributed by atoms with E-state index in [0.717, 1.165) is 11.3 Å². The molecule has 0 heterocycles. The van der Waals surface area contributed by atoms with Crippen molar-refractivity contribution >= 4 is 23.7 Å². The summed E-state index contributed by atoms with van der Waals surface area (Å²) < 4.78 is 10.5. The molecule has 0 aromatic heterocycles. The molecule has 0 aliphatic carbocycles. The fourth-order valence-corrected chi connectivity index (χ4v) is 2.71. The zero-order valence-corrected chi connectivity index (χ0v) is 17.1. The minimum atomic E-state index is -0.885. The minimum absolute atomic E-state index is 0.204. The molecular weight excluding hydrogens is 370 g/mol. The molecule has 0 saturated heterocycles. The van der Waals surface area contributed by atoms with E-state index in [-0.39, 0.29) is 5.92 Å². The number of hydrogen-bond acceptors (Lipinski definition) is 5. The van der Waals surface area contributed by atoms with Crippen molar-refractivity contribution in [3.05, 3.63) is 54.1 Å². The summed E-state index contributed by atoms with van der Waals surface area (Å²) in [5.74, 6) is -0.543. The number of ether oxygens (including phenoxy) is 2. The van der Waals surface area contributed by atoms with Gasteiger partial charge in [-0.3, -0.25) is 9.59 Å². The maximum atomic E-state index is 12.6. The van der Waals surface area contributed by atoms with Crippen LogP contribution in [0.4, 0.5) is 5.69 Å². The van der Waals surface area contributed by atoms with Gasteiger partial charge in [0.05, 0.1) is 19.9 Å². The zero-order chi connectivity index (χ0) is 21.2. The van der Waals surface area contributed by atoms with E-state index in [1.165, 1.54) is 6.21 Å². The molecule has 7 heteroatoms. The lowest BCUT2D eigenvalue weighted by molar-refractivity contribution is -0.134. The number of nitrogens with one attached hydrogen (secondary N) is 2. The molecule has 0 fully saturated rings. The summed E-state index contributed by atoms with van der Waals surface area (Å²) >= 11 is 0. The molecule has 0 radical (unpaired) electrons. The topological polar surface area (TPSA) is 89.0 Å². The molecule has 0 saturated carbocycles. The lowest BCUT2D eigenvalue weighted by Crippen LogP contribution is -2.39. The van der Waals surface area contributed by atoms with E-state index in [1.807, 2.05) is 45.0 Å². The van der Waals surface area contributed by atoms with Crippen LogP contribution < -0.4 is 20.2 Å². The Hall–Kier alpha value is -3.35. The van der Waals surface area contributed by atoms with Gasteiger partial charge in [0.2, 0.25) is 5.91 Å². The summed E-state index contributed by atoms with van der Waals surface area (Å²) in [6, 6.07) is 14.3. The highest BCUT2D eigenvalue weighted by atomic mass is 16.5. The van der Waals surface area contributed by atoms with Gasteiger partial charge >= 0.3 is 0 Å². The molecule has 29 heavy (non-hydrogen) atoms. The van der Waals surface area contributed by atoms with Crippen LogP contribution in [-0.2, 0) is 9.59 Å².